The van der Waals surface area contributed by atoms with Gasteiger partial charge in [-0.3, -0.25) is 0 Å². The number of benzene rings is 3. The van der Waals surface area contributed by atoms with Crippen molar-refractivity contribution >= 4 is 27.9 Å². The minimum atomic E-state index is -0.487. The summed E-state index contributed by atoms with van der Waals surface area (Å²) in [6.07, 6.45) is 6.79. The second-order valence-corrected chi connectivity index (χ2v) is 11.7. The number of aromatic amines is 2. The van der Waals surface area contributed by atoms with Crippen LogP contribution in [0.15, 0.2) is 85.2 Å². The second-order valence-electron chi connectivity index (χ2n) is 11.7. The number of hydrogen-bond donors (Lipinski definition) is 3. The lowest BCUT2D eigenvalue weighted by Gasteiger charge is -2.24. The van der Waals surface area contributed by atoms with Crippen LogP contribution in [-0.4, -0.2) is 57.3 Å². The summed E-state index contributed by atoms with van der Waals surface area (Å²) >= 11 is 0. The first-order valence-electron chi connectivity index (χ1n) is 15.8. The number of ether oxygens (including phenoxy) is 3. The largest absolute Gasteiger partial charge is 0.497 e. The van der Waals surface area contributed by atoms with Crippen LogP contribution in [0.3, 0.4) is 0 Å². The number of para-hydroxylation sites is 2. The Morgan fingerprint density at radius 2 is 1.59 bits per heavy atom. The molecule has 10 heteroatoms. The number of hydrogen-bond acceptors (Lipinski definition) is 6. The van der Waals surface area contributed by atoms with Crippen molar-refractivity contribution in [3.05, 3.63) is 114 Å². The van der Waals surface area contributed by atoms with Crippen molar-refractivity contribution in [3.8, 4) is 5.75 Å². The van der Waals surface area contributed by atoms with Crippen LogP contribution >= 0.6 is 0 Å². The van der Waals surface area contributed by atoms with E-state index in [-0.39, 0.29) is 6.10 Å². The Labute approximate surface area is 267 Å². The van der Waals surface area contributed by atoms with Crippen LogP contribution in [-0.2, 0) is 35.3 Å². The topological polar surface area (TPSA) is 119 Å². The second kappa shape index (κ2) is 13.5. The van der Waals surface area contributed by atoms with Gasteiger partial charge in [-0.05, 0) is 47.4 Å². The molecular weight excluding hydrogens is 580 g/mol. The van der Waals surface area contributed by atoms with Gasteiger partial charge in [0.1, 0.15) is 17.7 Å². The molecule has 7 rings (SSSR count). The van der Waals surface area contributed by atoms with Gasteiger partial charge in [-0.2, -0.15) is 0 Å². The number of rotatable bonds is 11. The maximum absolute atomic E-state index is 13.4. The predicted octanol–water partition coefficient (Wildman–Crippen LogP) is 6.27. The summed E-state index contributed by atoms with van der Waals surface area (Å²) in [5.74, 6) is 2.32. The van der Waals surface area contributed by atoms with Gasteiger partial charge < -0.3 is 34.1 Å². The van der Waals surface area contributed by atoms with E-state index in [1.165, 1.54) is 10.9 Å². The number of carbonyl (C=O) groups is 1. The molecule has 3 aromatic carbocycles. The highest BCUT2D eigenvalue weighted by atomic mass is 16.6. The van der Waals surface area contributed by atoms with Crippen molar-refractivity contribution in [2.45, 2.75) is 50.8 Å². The average molecular weight is 619 g/mol. The molecule has 1 aliphatic heterocycles. The number of H-pyrrole nitrogens is 2. The van der Waals surface area contributed by atoms with Crippen LogP contribution in [0.25, 0.3) is 21.8 Å². The molecule has 46 heavy (non-hydrogen) atoms. The molecule has 0 bridgehead atoms. The minimum absolute atomic E-state index is 0.175. The smallest absolute Gasteiger partial charge is 0.408 e. The summed E-state index contributed by atoms with van der Waals surface area (Å²) in [7, 11) is 1.66. The molecule has 1 atom stereocenters. The fourth-order valence-electron chi connectivity index (χ4n) is 6.31. The maximum Gasteiger partial charge on any atom is 0.408 e. The van der Waals surface area contributed by atoms with E-state index in [0.717, 1.165) is 45.5 Å². The summed E-state index contributed by atoms with van der Waals surface area (Å²) in [6.45, 7) is 1.72. The molecule has 0 unspecified atom stereocenters. The Balaban J connectivity index is 1.23. The van der Waals surface area contributed by atoms with Gasteiger partial charge in [0.05, 0.1) is 32.9 Å². The molecule has 3 N–H and O–H groups in total. The fraction of sp³-hybridized carbons (Fsp3) is 0.306. The van der Waals surface area contributed by atoms with E-state index in [1.54, 1.807) is 7.11 Å². The summed E-state index contributed by atoms with van der Waals surface area (Å²) in [6, 6.07) is 24.0. The predicted molar refractivity (Wildman–Crippen MR) is 176 cm³/mol. The number of carbonyl (C=O) groups excluding carboxylic acids is 1. The standard InChI is InChI=1S/C36H38N6O4/c1-44-27-13-10-24(11-14-27)23-42-34(15-12-25-21-37-31-8-4-2-6-29(25)31)40-41-35(42)33(39-36(43)46-28-16-18-45-19-17-28)20-26-22-38-32-9-5-3-7-30(26)32/h2-11,13-14,21-22,28,33,37-38H,12,15-20,23H2,1H3,(H,39,43)/t33-/m1/s1. The van der Waals surface area contributed by atoms with E-state index in [2.05, 4.69) is 56.4 Å². The molecule has 1 amide bonds. The molecule has 0 spiro atoms. The summed E-state index contributed by atoms with van der Waals surface area (Å²) in [5.41, 5.74) is 5.53. The zero-order valence-electron chi connectivity index (χ0n) is 25.9. The van der Waals surface area contributed by atoms with Crippen LogP contribution in [0.5, 0.6) is 5.75 Å². The Morgan fingerprint density at radius 1 is 0.913 bits per heavy atom. The van der Waals surface area contributed by atoms with Crippen LogP contribution in [0.2, 0.25) is 0 Å². The number of aromatic nitrogens is 5. The Hall–Kier alpha value is -5.09. The average Bonchev–Trinajstić information content (AvgIpc) is 3.81. The molecule has 0 saturated carbocycles. The molecule has 0 radical (unpaired) electrons. The van der Waals surface area contributed by atoms with E-state index in [0.29, 0.717) is 51.3 Å². The van der Waals surface area contributed by atoms with Crippen LogP contribution in [0, 0.1) is 0 Å². The van der Waals surface area contributed by atoms with E-state index < -0.39 is 12.1 Å². The third-order valence-corrected chi connectivity index (χ3v) is 8.79. The van der Waals surface area contributed by atoms with Gasteiger partial charge in [-0.15, -0.1) is 10.2 Å². The number of fused-ring (bicyclic) bond motifs is 2. The first-order chi connectivity index (χ1) is 22.6. The van der Waals surface area contributed by atoms with Gasteiger partial charge in [-0.1, -0.05) is 48.5 Å². The Morgan fingerprint density at radius 3 is 2.30 bits per heavy atom. The van der Waals surface area contributed by atoms with Crippen LogP contribution in [0.1, 0.15) is 47.2 Å². The van der Waals surface area contributed by atoms with Crippen molar-refractivity contribution in [3.63, 3.8) is 0 Å². The van der Waals surface area contributed by atoms with Gasteiger partial charge >= 0.3 is 6.09 Å². The van der Waals surface area contributed by atoms with Crippen molar-refractivity contribution in [2.24, 2.45) is 0 Å². The quantitative estimate of drug-likeness (QED) is 0.157. The molecule has 1 saturated heterocycles. The van der Waals surface area contributed by atoms with Crippen molar-refractivity contribution in [1.82, 2.24) is 30.0 Å². The zero-order chi connectivity index (χ0) is 31.3. The molecular formula is C36H38N6O4. The highest BCUT2D eigenvalue weighted by Gasteiger charge is 2.27. The van der Waals surface area contributed by atoms with Gasteiger partial charge in [0.25, 0.3) is 0 Å². The SMILES string of the molecule is COc1ccc(Cn2c(CCc3c[nH]c4ccccc34)nnc2[C@@H](Cc2c[nH]c3ccccc23)NC(=O)OC2CCOCC2)cc1. The molecule has 1 fully saturated rings. The van der Waals surface area contributed by atoms with Crippen molar-refractivity contribution < 1.29 is 19.0 Å². The number of methoxy groups -OCH3 is 1. The van der Waals surface area contributed by atoms with Crippen LogP contribution < -0.4 is 10.1 Å². The van der Waals surface area contributed by atoms with E-state index in [4.69, 9.17) is 24.4 Å². The lowest BCUT2D eigenvalue weighted by molar-refractivity contribution is 0.000663. The highest BCUT2D eigenvalue weighted by Crippen LogP contribution is 2.27. The third-order valence-electron chi connectivity index (χ3n) is 8.79. The first kappa shape index (κ1) is 29.6. The first-order valence-corrected chi connectivity index (χ1v) is 15.8. The fourth-order valence-corrected chi connectivity index (χ4v) is 6.31. The summed E-state index contributed by atoms with van der Waals surface area (Å²) in [5, 5.41) is 15.0. The number of alkyl carbamates (subject to hydrolysis) is 1. The zero-order valence-corrected chi connectivity index (χ0v) is 25.9. The molecule has 0 aliphatic carbocycles. The Kier molecular flexibility index (Phi) is 8.69. The number of nitrogens with zero attached hydrogens (tertiary/aromatic N) is 3. The number of aryl methyl sites for hydroxylation is 2. The number of amides is 1. The lowest BCUT2D eigenvalue weighted by Crippen LogP contribution is -2.36. The minimum Gasteiger partial charge on any atom is -0.497 e. The molecule has 236 valence electrons. The molecule has 3 aromatic heterocycles. The van der Waals surface area contributed by atoms with Gasteiger partial charge in [-0.25, -0.2) is 4.79 Å². The highest BCUT2D eigenvalue weighted by molar-refractivity contribution is 5.84. The Bertz CT molecular complexity index is 1920. The van der Waals surface area contributed by atoms with E-state index in [9.17, 15) is 4.79 Å². The van der Waals surface area contributed by atoms with E-state index in [1.807, 2.05) is 48.7 Å². The van der Waals surface area contributed by atoms with Gasteiger partial charge in [0.2, 0.25) is 0 Å². The van der Waals surface area contributed by atoms with Crippen LogP contribution in [0.4, 0.5) is 4.79 Å². The maximum atomic E-state index is 13.4. The monoisotopic (exact) mass is 618 g/mol. The van der Waals surface area contributed by atoms with Crippen molar-refractivity contribution in [2.75, 3.05) is 20.3 Å². The van der Waals surface area contributed by atoms with E-state index >= 15 is 0 Å². The van der Waals surface area contributed by atoms with Crippen molar-refractivity contribution in [1.29, 1.82) is 0 Å². The third kappa shape index (κ3) is 6.48. The summed E-state index contributed by atoms with van der Waals surface area (Å²) in [4.78, 5) is 20.1. The molecule has 10 nitrogen and oxygen atoms in total. The molecule has 6 aromatic rings. The van der Waals surface area contributed by atoms with Gasteiger partial charge in [0.15, 0.2) is 5.82 Å². The lowest BCUT2D eigenvalue weighted by atomic mass is 10.0. The molecule has 4 heterocycles. The normalized spacial score (nSPS) is 14.5. The van der Waals surface area contributed by atoms with Gasteiger partial charge in [0, 0.05) is 59.9 Å². The summed E-state index contributed by atoms with van der Waals surface area (Å²) < 4.78 is 18.9. The number of nitrogens with one attached hydrogen (secondary N) is 3. The molecule has 1 aliphatic rings.